The second-order valence-electron chi connectivity index (χ2n) is 3.89. The second kappa shape index (κ2) is 5.65. The number of hydrogen-bond donors (Lipinski definition) is 2. The summed E-state index contributed by atoms with van der Waals surface area (Å²) >= 11 is 7.57. The minimum atomic E-state index is 0.164. The van der Waals surface area contributed by atoms with Crippen molar-refractivity contribution in [2.24, 2.45) is 0 Å². The molecule has 0 amide bonds. The zero-order valence-electron chi connectivity index (χ0n) is 10.1. The van der Waals surface area contributed by atoms with Gasteiger partial charge in [-0.25, -0.2) is 0 Å². The number of aromatic nitrogens is 2. The lowest BCUT2D eigenvalue weighted by molar-refractivity contribution is 0.475. The number of phenolic OH excluding ortho intramolecular Hbond substituents is 1. The van der Waals surface area contributed by atoms with E-state index in [0.29, 0.717) is 10.6 Å². The minimum Gasteiger partial charge on any atom is -0.508 e. The van der Waals surface area contributed by atoms with Crippen LogP contribution in [0.5, 0.6) is 5.75 Å². The lowest BCUT2D eigenvalue weighted by Gasteiger charge is -2.06. The van der Waals surface area contributed by atoms with Crippen LogP contribution in [-0.2, 0) is 0 Å². The molecule has 0 saturated carbocycles. The smallest absolute Gasteiger partial charge is 0.149 e. The molecule has 18 heavy (non-hydrogen) atoms. The molecule has 96 valence electrons. The molecule has 2 N–H and O–H groups in total. The Kier molecular flexibility index (Phi) is 4.16. The highest BCUT2D eigenvalue weighted by Crippen LogP contribution is 2.34. The van der Waals surface area contributed by atoms with E-state index in [9.17, 15) is 5.11 Å². The zero-order chi connectivity index (χ0) is 13.1. The Hall–Kier alpha value is -1.17. The monoisotopic (exact) mass is 283 g/mol. The Balaban J connectivity index is 2.32. The van der Waals surface area contributed by atoms with E-state index in [2.05, 4.69) is 15.5 Å². The molecule has 0 radical (unpaired) electrons. The normalized spacial score (nSPS) is 12.6. The third kappa shape index (κ3) is 2.80. The molecule has 4 nitrogen and oxygen atoms in total. The fraction of sp³-hybridized carbons (Fsp3) is 0.333. The highest BCUT2D eigenvalue weighted by Gasteiger charge is 2.14. The van der Waals surface area contributed by atoms with Crippen LogP contribution in [0.4, 0.5) is 0 Å². The van der Waals surface area contributed by atoms with Crippen molar-refractivity contribution >= 4 is 22.9 Å². The van der Waals surface area contributed by atoms with E-state index >= 15 is 0 Å². The Bertz CT molecular complexity index is 544. The summed E-state index contributed by atoms with van der Waals surface area (Å²) in [6.45, 7) is 4.96. The van der Waals surface area contributed by atoms with Gasteiger partial charge in [0.25, 0.3) is 0 Å². The summed E-state index contributed by atoms with van der Waals surface area (Å²) in [4.78, 5) is 0. The molecule has 0 aliphatic heterocycles. The number of aromatic hydroxyl groups is 1. The van der Waals surface area contributed by atoms with Gasteiger partial charge in [0.1, 0.15) is 15.8 Å². The van der Waals surface area contributed by atoms with Crippen molar-refractivity contribution in [1.29, 1.82) is 0 Å². The number of halogens is 1. The van der Waals surface area contributed by atoms with E-state index in [0.717, 1.165) is 16.6 Å². The van der Waals surface area contributed by atoms with Gasteiger partial charge in [0.2, 0.25) is 0 Å². The number of hydrogen-bond acceptors (Lipinski definition) is 5. The van der Waals surface area contributed by atoms with Crippen molar-refractivity contribution in [2.75, 3.05) is 6.54 Å². The Morgan fingerprint density at radius 2 is 2.22 bits per heavy atom. The third-order valence-corrected chi connectivity index (χ3v) is 3.97. The van der Waals surface area contributed by atoms with Crippen LogP contribution in [0.25, 0.3) is 10.6 Å². The number of benzene rings is 1. The molecular weight excluding hydrogens is 270 g/mol. The average Bonchev–Trinajstić information content (AvgIpc) is 2.82. The summed E-state index contributed by atoms with van der Waals surface area (Å²) in [6, 6.07) is 4.97. The molecule has 2 rings (SSSR count). The number of nitrogens with one attached hydrogen (secondary N) is 1. The lowest BCUT2D eigenvalue weighted by Crippen LogP contribution is -2.17. The largest absolute Gasteiger partial charge is 0.508 e. The predicted octanol–water partition coefficient (Wildman–Crippen LogP) is 3.23. The number of rotatable bonds is 4. The van der Waals surface area contributed by atoms with Crippen molar-refractivity contribution in [3.63, 3.8) is 0 Å². The van der Waals surface area contributed by atoms with Crippen LogP contribution in [0, 0.1) is 0 Å². The van der Waals surface area contributed by atoms with Crippen molar-refractivity contribution in [3.8, 4) is 16.3 Å². The van der Waals surface area contributed by atoms with E-state index in [1.54, 1.807) is 18.2 Å². The Labute approximate surface area is 115 Å². The molecule has 1 unspecified atom stereocenters. The summed E-state index contributed by atoms with van der Waals surface area (Å²) in [5, 5.41) is 23.2. The van der Waals surface area contributed by atoms with Crippen molar-refractivity contribution < 1.29 is 5.11 Å². The molecule has 1 aromatic heterocycles. The van der Waals surface area contributed by atoms with Gasteiger partial charge in [-0.1, -0.05) is 29.9 Å². The highest BCUT2D eigenvalue weighted by molar-refractivity contribution is 7.14. The maximum atomic E-state index is 9.48. The van der Waals surface area contributed by atoms with Crippen molar-refractivity contribution in [1.82, 2.24) is 15.5 Å². The van der Waals surface area contributed by atoms with Crippen molar-refractivity contribution in [3.05, 3.63) is 28.2 Å². The van der Waals surface area contributed by atoms with E-state index in [1.807, 2.05) is 13.8 Å². The molecule has 1 heterocycles. The summed E-state index contributed by atoms with van der Waals surface area (Å²) in [7, 11) is 0. The maximum absolute atomic E-state index is 9.48. The summed E-state index contributed by atoms with van der Waals surface area (Å²) in [5.41, 5.74) is 0.712. The maximum Gasteiger partial charge on any atom is 0.149 e. The van der Waals surface area contributed by atoms with Gasteiger partial charge >= 0.3 is 0 Å². The van der Waals surface area contributed by atoms with Crippen LogP contribution in [0.2, 0.25) is 5.02 Å². The van der Waals surface area contributed by atoms with Crippen LogP contribution in [0.15, 0.2) is 18.2 Å². The molecule has 0 bridgehead atoms. The Morgan fingerprint density at radius 3 is 2.94 bits per heavy atom. The van der Waals surface area contributed by atoms with Gasteiger partial charge in [0.05, 0.1) is 11.1 Å². The average molecular weight is 284 g/mol. The molecular formula is C12H14ClN3OS. The topological polar surface area (TPSA) is 58.0 Å². The van der Waals surface area contributed by atoms with E-state index in [1.165, 1.54) is 11.3 Å². The van der Waals surface area contributed by atoms with E-state index < -0.39 is 0 Å². The first-order valence-electron chi connectivity index (χ1n) is 5.67. The second-order valence-corrected chi connectivity index (χ2v) is 5.31. The first kappa shape index (κ1) is 13.3. The van der Waals surface area contributed by atoms with Gasteiger partial charge in [-0.2, -0.15) is 0 Å². The first-order valence-corrected chi connectivity index (χ1v) is 6.87. The molecule has 0 saturated heterocycles. The van der Waals surface area contributed by atoms with Crippen LogP contribution in [-0.4, -0.2) is 21.8 Å². The lowest BCUT2D eigenvalue weighted by atomic mass is 10.2. The molecule has 0 fully saturated rings. The van der Waals surface area contributed by atoms with Gasteiger partial charge in [0.15, 0.2) is 0 Å². The molecule has 1 atom stereocenters. The quantitative estimate of drug-likeness (QED) is 0.904. The molecule has 1 aromatic carbocycles. The summed E-state index contributed by atoms with van der Waals surface area (Å²) in [6.07, 6.45) is 0. The third-order valence-electron chi connectivity index (χ3n) is 2.50. The van der Waals surface area contributed by atoms with Crippen LogP contribution in [0.1, 0.15) is 24.9 Å². The van der Waals surface area contributed by atoms with Gasteiger partial charge in [-0.3, -0.25) is 0 Å². The highest BCUT2D eigenvalue weighted by atomic mass is 35.5. The molecule has 0 aliphatic rings. The molecule has 0 spiro atoms. The van der Waals surface area contributed by atoms with Gasteiger partial charge in [-0.05, 0) is 31.7 Å². The van der Waals surface area contributed by atoms with E-state index in [-0.39, 0.29) is 11.8 Å². The zero-order valence-corrected chi connectivity index (χ0v) is 11.7. The fourth-order valence-corrected chi connectivity index (χ4v) is 2.75. The van der Waals surface area contributed by atoms with Crippen LogP contribution >= 0.6 is 22.9 Å². The van der Waals surface area contributed by atoms with E-state index in [4.69, 9.17) is 11.6 Å². The Morgan fingerprint density at radius 1 is 1.44 bits per heavy atom. The summed E-state index contributed by atoms with van der Waals surface area (Å²) < 4.78 is 0. The SMILES string of the molecule is CCNC(C)c1nnc(-c2cc(O)ccc2Cl)s1. The predicted molar refractivity (Wildman–Crippen MR) is 74.1 cm³/mol. The number of phenols is 1. The van der Waals surface area contributed by atoms with Crippen LogP contribution < -0.4 is 5.32 Å². The van der Waals surface area contributed by atoms with Crippen molar-refractivity contribution in [2.45, 2.75) is 19.9 Å². The van der Waals surface area contributed by atoms with Crippen LogP contribution in [0.3, 0.4) is 0 Å². The fourth-order valence-electron chi connectivity index (χ4n) is 1.59. The molecule has 6 heteroatoms. The standard InChI is InChI=1S/C12H14ClN3OS/c1-3-14-7(2)11-15-16-12(18-11)9-6-8(17)4-5-10(9)13/h4-7,14,17H,3H2,1-2H3. The summed E-state index contributed by atoms with van der Waals surface area (Å²) in [5.74, 6) is 0.172. The number of nitrogens with zero attached hydrogens (tertiary/aromatic N) is 2. The minimum absolute atomic E-state index is 0.164. The first-order chi connectivity index (χ1) is 8.61. The van der Waals surface area contributed by atoms with Gasteiger partial charge < -0.3 is 10.4 Å². The molecule has 2 aromatic rings. The molecule has 0 aliphatic carbocycles. The van der Waals surface area contributed by atoms with Gasteiger partial charge in [0, 0.05) is 5.56 Å². The van der Waals surface area contributed by atoms with Gasteiger partial charge in [-0.15, -0.1) is 10.2 Å².